The Hall–Kier alpha value is -0.850. The summed E-state index contributed by atoms with van der Waals surface area (Å²) in [5.74, 6) is 0. The summed E-state index contributed by atoms with van der Waals surface area (Å²) in [6.45, 7) is 9.75. The van der Waals surface area contributed by atoms with E-state index in [9.17, 15) is 4.79 Å². The first-order valence-corrected chi connectivity index (χ1v) is 7.72. The van der Waals surface area contributed by atoms with Gasteiger partial charge in [0.25, 0.3) is 0 Å². The molecule has 1 amide bonds. The van der Waals surface area contributed by atoms with E-state index in [1.165, 1.54) is 0 Å². The molecule has 0 aromatic heterocycles. The highest BCUT2D eigenvalue weighted by Gasteiger charge is 2.45. The number of hydrogen-bond donors (Lipinski definition) is 1. The largest absolute Gasteiger partial charge is 0.444 e. The lowest BCUT2D eigenvalue weighted by molar-refractivity contribution is -0.136. The van der Waals surface area contributed by atoms with Gasteiger partial charge >= 0.3 is 6.09 Å². The molecule has 2 aliphatic rings. The molecule has 122 valence electrons. The summed E-state index contributed by atoms with van der Waals surface area (Å²) in [5.41, 5.74) is -0.435. The van der Waals surface area contributed by atoms with Gasteiger partial charge in [0.05, 0.1) is 12.2 Å². The Morgan fingerprint density at radius 1 is 1.33 bits per heavy atom. The molecule has 21 heavy (non-hydrogen) atoms. The van der Waals surface area contributed by atoms with Gasteiger partial charge in [-0.15, -0.1) is 0 Å². The lowest BCUT2D eigenvalue weighted by Gasteiger charge is -2.48. The Morgan fingerprint density at radius 2 is 2.00 bits per heavy atom. The summed E-state index contributed by atoms with van der Waals surface area (Å²) in [5, 5.41) is 3.54. The first-order chi connectivity index (χ1) is 9.84. The molecule has 1 heterocycles. The van der Waals surface area contributed by atoms with Gasteiger partial charge in [-0.1, -0.05) is 0 Å². The SMILES string of the molecule is CCOC1CC(NC2CN(C(=O)OC(C)(C)C)C2)C1OC. The molecule has 3 unspecified atom stereocenters. The van der Waals surface area contributed by atoms with E-state index in [2.05, 4.69) is 5.32 Å². The maximum atomic E-state index is 11.8. The fraction of sp³-hybridized carbons (Fsp3) is 0.933. The fourth-order valence-electron chi connectivity index (χ4n) is 2.80. The van der Waals surface area contributed by atoms with E-state index in [0.29, 0.717) is 31.8 Å². The van der Waals surface area contributed by atoms with Crippen LogP contribution in [0, 0.1) is 0 Å². The van der Waals surface area contributed by atoms with E-state index in [1.807, 2.05) is 27.7 Å². The Balaban J connectivity index is 1.68. The topological polar surface area (TPSA) is 60.0 Å². The van der Waals surface area contributed by atoms with Crippen molar-refractivity contribution < 1.29 is 19.0 Å². The van der Waals surface area contributed by atoms with Gasteiger partial charge < -0.3 is 24.4 Å². The normalized spacial score (nSPS) is 29.8. The molecule has 0 bridgehead atoms. The molecule has 1 aliphatic heterocycles. The van der Waals surface area contributed by atoms with Crippen LogP contribution in [0.15, 0.2) is 0 Å². The Morgan fingerprint density at radius 3 is 2.52 bits per heavy atom. The van der Waals surface area contributed by atoms with Crippen LogP contribution in [0.25, 0.3) is 0 Å². The second kappa shape index (κ2) is 6.50. The summed E-state index contributed by atoms with van der Waals surface area (Å²) in [6.07, 6.45) is 1.04. The van der Waals surface area contributed by atoms with Crippen molar-refractivity contribution in [3.63, 3.8) is 0 Å². The van der Waals surface area contributed by atoms with Gasteiger partial charge in [-0.05, 0) is 34.1 Å². The number of methoxy groups -OCH3 is 1. The molecular formula is C15H28N2O4. The molecule has 0 aromatic rings. The third-order valence-electron chi connectivity index (χ3n) is 3.89. The zero-order chi connectivity index (χ0) is 15.6. The summed E-state index contributed by atoms with van der Waals surface area (Å²) in [4.78, 5) is 13.6. The maximum absolute atomic E-state index is 11.8. The number of hydrogen-bond acceptors (Lipinski definition) is 5. The molecule has 1 aliphatic carbocycles. The number of ether oxygens (including phenoxy) is 3. The van der Waals surface area contributed by atoms with Gasteiger partial charge in [-0.3, -0.25) is 0 Å². The van der Waals surface area contributed by atoms with Gasteiger partial charge in [0, 0.05) is 38.9 Å². The van der Waals surface area contributed by atoms with Crippen molar-refractivity contribution in [3.05, 3.63) is 0 Å². The van der Waals surface area contributed by atoms with Crippen LogP contribution >= 0.6 is 0 Å². The number of nitrogens with zero attached hydrogens (tertiary/aromatic N) is 1. The second-order valence-corrected chi connectivity index (χ2v) is 6.79. The van der Waals surface area contributed by atoms with Crippen molar-refractivity contribution in [3.8, 4) is 0 Å². The summed E-state index contributed by atoms with van der Waals surface area (Å²) in [6, 6.07) is 0.639. The minimum Gasteiger partial charge on any atom is -0.444 e. The molecule has 2 rings (SSSR count). The summed E-state index contributed by atoms with van der Waals surface area (Å²) >= 11 is 0. The Bertz CT molecular complexity index is 363. The van der Waals surface area contributed by atoms with Crippen LogP contribution in [0.4, 0.5) is 4.79 Å². The van der Waals surface area contributed by atoms with E-state index < -0.39 is 5.60 Å². The number of nitrogens with one attached hydrogen (secondary N) is 1. The molecular weight excluding hydrogens is 272 g/mol. The number of amides is 1. The molecule has 3 atom stereocenters. The zero-order valence-corrected chi connectivity index (χ0v) is 13.7. The highest BCUT2D eigenvalue weighted by molar-refractivity contribution is 5.69. The molecule has 6 heteroatoms. The monoisotopic (exact) mass is 300 g/mol. The van der Waals surface area contributed by atoms with E-state index in [4.69, 9.17) is 14.2 Å². The van der Waals surface area contributed by atoms with Crippen LogP contribution < -0.4 is 5.32 Å². The molecule has 1 saturated carbocycles. The number of carbonyl (C=O) groups excluding carboxylic acids is 1. The van der Waals surface area contributed by atoms with Crippen molar-refractivity contribution >= 4 is 6.09 Å². The standard InChI is InChI=1S/C15H28N2O4/c1-6-20-12-7-11(13(12)19-5)16-10-8-17(9-10)14(18)21-15(2,3)4/h10-13,16H,6-9H2,1-5H3. The minimum atomic E-state index is -0.435. The zero-order valence-electron chi connectivity index (χ0n) is 13.7. The van der Waals surface area contributed by atoms with Crippen molar-refractivity contribution in [2.45, 2.75) is 64.0 Å². The number of carbonyl (C=O) groups is 1. The average Bonchev–Trinajstić information content (AvgIpc) is 2.28. The lowest BCUT2D eigenvalue weighted by atomic mass is 9.84. The van der Waals surface area contributed by atoms with E-state index in [0.717, 1.165) is 6.42 Å². The van der Waals surface area contributed by atoms with Crippen molar-refractivity contribution in [2.24, 2.45) is 0 Å². The van der Waals surface area contributed by atoms with Gasteiger partial charge in [0.2, 0.25) is 0 Å². The van der Waals surface area contributed by atoms with Gasteiger partial charge in [-0.25, -0.2) is 4.79 Å². The summed E-state index contributed by atoms with van der Waals surface area (Å²) < 4.78 is 16.4. The fourth-order valence-corrected chi connectivity index (χ4v) is 2.80. The van der Waals surface area contributed by atoms with Crippen molar-refractivity contribution in [2.75, 3.05) is 26.8 Å². The van der Waals surface area contributed by atoms with Gasteiger partial charge in [0.15, 0.2) is 0 Å². The third-order valence-corrected chi connectivity index (χ3v) is 3.89. The van der Waals surface area contributed by atoms with Crippen LogP contribution in [-0.2, 0) is 14.2 Å². The number of rotatable bonds is 5. The Labute approximate surface area is 127 Å². The smallest absolute Gasteiger partial charge is 0.410 e. The molecule has 1 saturated heterocycles. The maximum Gasteiger partial charge on any atom is 0.410 e. The highest BCUT2D eigenvalue weighted by atomic mass is 16.6. The van der Waals surface area contributed by atoms with Crippen LogP contribution in [-0.4, -0.2) is 67.7 Å². The van der Waals surface area contributed by atoms with Crippen LogP contribution in [0.5, 0.6) is 0 Å². The minimum absolute atomic E-state index is 0.112. The molecule has 0 radical (unpaired) electrons. The van der Waals surface area contributed by atoms with Crippen LogP contribution in [0.1, 0.15) is 34.1 Å². The van der Waals surface area contributed by atoms with E-state index in [-0.39, 0.29) is 18.3 Å². The predicted molar refractivity (Wildman–Crippen MR) is 79.3 cm³/mol. The van der Waals surface area contributed by atoms with Crippen LogP contribution in [0.3, 0.4) is 0 Å². The first kappa shape index (κ1) is 16.5. The van der Waals surface area contributed by atoms with E-state index in [1.54, 1.807) is 12.0 Å². The first-order valence-electron chi connectivity index (χ1n) is 7.72. The second-order valence-electron chi connectivity index (χ2n) is 6.79. The molecule has 0 aromatic carbocycles. The average molecular weight is 300 g/mol. The Kier molecular flexibility index (Phi) is 5.11. The molecule has 6 nitrogen and oxygen atoms in total. The highest BCUT2D eigenvalue weighted by Crippen LogP contribution is 2.28. The third kappa shape index (κ3) is 4.08. The van der Waals surface area contributed by atoms with Crippen molar-refractivity contribution in [1.82, 2.24) is 10.2 Å². The quantitative estimate of drug-likeness (QED) is 0.831. The predicted octanol–water partition coefficient (Wildman–Crippen LogP) is 1.39. The number of likely N-dealkylation sites (tertiary alicyclic amines) is 1. The van der Waals surface area contributed by atoms with Gasteiger partial charge in [0.1, 0.15) is 5.60 Å². The van der Waals surface area contributed by atoms with Crippen molar-refractivity contribution in [1.29, 1.82) is 0 Å². The molecule has 2 fully saturated rings. The lowest BCUT2D eigenvalue weighted by Crippen LogP contribution is -2.68. The van der Waals surface area contributed by atoms with Crippen LogP contribution in [0.2, 0.25) is 0 Å². The molecule has 0 spiro atoms. The van der Waals surface area contributed by atoms with Gasteiger partial charge in [-0.2, -0.15) is 0 Å². The van der Waals surface area contributed by atoms with E-state index >= 15 is 0 Å². The summed E-state index contributed by atoms with van der Waals surface area (Å²) in [7, 11) is 1.72. The molecule has 1 N–H and O–H groups in total.